The molecule has 6 aromatic rings. The molecule has 72 heavy (non-hydrogen) atoms. The van der Waals surface area contributed by atoms with Crippen molar-refractivity contribution in [3.8, 4) is 0 Å². The highest BCUT2D eigenvalue weighted by Gasteiger charge is 2.47. The molecule has 2 heterocycles. The van der Waals surface area contributed by atoms with Gasteiger partial charge in [0.2, 0.25) is 5.69 Å². The van der Waals surface area contributed by atoms with Crippen LogP contribution in [0.4, 0.5) is 22.7 Å². The molecule has 13 nitrogen and oxygen atoms in total. The van der Waals surface area contributed by atoms with Crippen LogP contribution in [-0.4, -0.2) is 67.5 Å². The van der Waals surface area contributed by atoms with E-state index >= 15 is 0 Å². The van der Waals surface area contributed by atoms with Crippen LogP contribution in [-0.2, 0) is 49.4 Å². The first kappa shape index (κ1) is 50.1. The highest BCUT2D eigenvalue weighted by atomic mass is 32.2. The molecule has 6 aromatic carbocycles. The number of esters is 2. The van der Waals surface area contributed by atoms with Crippen molar-refractivity contribution in [2.24, 2.45) is 0 Å². The monoisotopic (exact) mass is 1000 g/mol. The standard InChI is InChI=1S/C57H55N3O10S2/c1-37(61)67-33-31-58-49-27-19-41-35-45(71-70-69-63)23-25-47(41)53(49)56(3,4)51(58)29-21-39-17-18-40(55(39)60(43-13-9-7-10-14-43)44-15-11-8-12-16-44)22-30-52-57(5,6)54-48-26-24-46(72(64,65)66)36-42(48)20-28-50(54)59(52)32-34-68-38(2)62/h7-16,19-21,23-30,35-36,52H,17-18,31-34H2,1-6H3,(H-,63,64,65,66)/p-1. The first-order valence-electron chi connectivity index (χ1n) is 23.7. The van der Waals surface area contributed by atoms with Crippen LogP contribution in [0.1, 0.15) is 65.5 Å². The Morgan fingerprint density at radius 3 is 2.11 bits per heavy atom. The smallest absolute Gasteiger partial charge is 0.302 e. The average molecular weight is 1010 g/mol. The first-order chi connectivity index (χ1) is 34.5. The van der Waals surface area contributed by atoms with Crippen LogP contribution in [0.25, 0.3) is 21.5 Å². The fourth-order valence-electron chi connectivity index (χ4n) is 10.8. The van der Waals surface area contributed by atoms with Crippen molar-refractivity contribution in [1.82, 2.24) is 0 Å². The molecule has 0 radical (unpaired) electrons. The number of nitrogens with zero attached hydrogens (tertiary/aromatic N) is 3. The molecule has 0 fully saturated rings. The Morgan fingerprint density at radius 1 is 0.806 bits per heavy atom. The predicted molar refractivity (Wildman–Crippen MR) is 276 cm³/mol. The van der Waals surface area contributed by atoms with Gasteiger partial charge in [0, 0.05) is 64.5 Å². The zero-order chi connectivity index (χ0) is 51.0. The summed E-state index contributed by atoms with van der Waals surface area (Å²) >= 11 is 0.845. The van der Waals surface area contributed by atoms with Crippen molar-refractivity contribution in [3.63, 3.8) is 0 Å². The summed E-state index contributed by atoms with van der Waals surface area (Å²) in [5.41, 5.74) is 12.8. The number of hydrogen-bond donors (Lipinski definition) is 0. The van der Waals surface area contributed by atoms with Crippen LogP contribution < -0.4 is 15.1 Å². The second kappa shape index (κ2) is 20.4. The van der Waals surface area contributed by atoms with E-state index in [1.807, 2.05) is 72.8 Å². The van der Waals surface area contributed by atoms with Crippen molar-refractivity contribution in [3.05, 3.63) is 173 Å². The van der Waals surface area contributed by atoms with Crippen molar-refractivity contribution < 1.29 is 51.2 Å². The average Bonchev–Trinajstić information content (AvgIpc) is 3.92. The lowest BCUT2D eigenvalue weighted by molar-refractivity contribution is -0.777. The van der Waals surface area contributed by atoms with Crippen LogP contribution >= 0.6 is 12.0 Å². The van der Waals surface area contributed by atoms with Crippen LogP contribution in [0.3, 0.4) is 0 Å². The van der Waals surface area contributed by atoms with Gasteiger partial charge < -0.3 is 29.1 Å². The zero-order valence-corrected chi connectivity index (χ0v) is 42.5. The summed E-state index contributed by atoms with van der Waals surface area (Å²) in [6, 6.07) is 38.5. The SMILES string of the molecule is CC(=O)OCCN1c2ccc3cc(S(=O)(=O)[O-])ccc3c2C(C)(C)C1C=C=C1CCC(/C=C/C2=[N+](CCOC(C)=O)c3ccc4cc(SOO[O-])ccc4c3C2(C)C)=C1N(c1ccccc1)c1ccccc1. The van der Waals surface area contributed by atoms with Crippen LogP contribution in [0.2, 0.25) is 0 Å². The zero-order valence-electron chi connectivity index (χ0n) is 40.8. The molecule has 2 aliphatic heterocycles. The van der Waals surface area contributed by atoms with E-state index < -0.39 is 20.9 Å². The van der Waals surface area contributed by atoms with Gasteiger partial charge in [-0.1, -0.05) is 74.5 Å². The number of ether oxygens (including phenoxy) is 2. The number of carbonyl (C=O) groups excluding carboxylic acids is 2. The largest absolute Gasteiger partial charge is 0.744 e. The number of benzene rings is 6. The van der Waals surface area contributed by atoms with Crippen LogP contribution in [0.5, 0.6) is 0 Å². The summed E-state index contributed by atoms with van der Waals surface area (Å²) in [5.74, 6) is -0.737. The lowest BCUT2D eigenvalue weighted by atomic mass is 9.78. The maximum atomic E-state index is 12.1. The quantitative estimate of drug-likeness (QED) is 0.0172. The molecule has 3 aliphatic rings. The molecule has 1 unspecified atom stereocenters. The topological polar surface area (TPSA) is 161 Å². The molecule has 0 aromatic heterocycles. The Bertz CT molecular complexity index is 3360. The molecular weight excluding hydrogens is 951 g/mol. The number of anilines is 3. The van der Waals surface area contributed by atoms with Gasteiger partial charge in [-0.2, -0.15) is 8.91 Å². The summed E-state index contributed by atoms with van der Waals surface area (Å²) in [6.45, 7) is 12.6. The molecule has 0 N–H and O–H groups in total. The van der Waals surface area contributed by atoms with Crippen molar-refractivity contribution >= 4 is 84.1 Å². The lowest BCUT2D eigenvalue weighted by Gasteiger charge is -2.32. The fourth-order valence-corrected chi connectivity index (χ4v) is 11.7. The minimum Gasteiger partial charge on any atom is -0.744 e. The molecule has 370 valence electrons. The minimum absolute atomic E-state index is 0.146. The molecule has 9 rings (SSSR count). The van der Waals surface area contributed by atoms with Gasteiger partial charge in [-0.3, -0.25) is 14.6 Å². The number of rotatable bonds is 16. The van der Waals surface area contributed by atoms with Gasteiger partial charge in [0.15, 0.2) is 18.9 Å². The summed E-state index contributed by atoms with van der Waals surface area (Å²) < 4.78 is 54.1. The van der Waals surface area contributed by atoms with E-state index in [1.165, 1.54) is 26.0 Å². The fraction of sp³-hybridized carbons (Fsp3) is 0.263. The van der Waals surface area contributed by atoms with Gasteiger partial charge in [0.05, 0.1) is 40.6 Å². The highest BCUT2D eigenvalue weighted by Crippen LogP contribution is 2.50. The minimum atomic E-state index is -4.68. The summed E-state index contributed by atoms with van der Waals surface area (Å²) in [4.78, 5) is 29.0. The number of carbonyl (C=O) groups is 2. The van der Waals surface area contributed by atoms with Crippen molar-refractivity contribution in [2.75, 3.05) is 36.1 Å². The third kappa shape index (κ3) is 9.77. The van der Waals surface area contributed by atoms with E-state index in [-0.39, 0.29) is 36.1 Å². The predicted octanol–water partition coefficient (Wildman–Crippen LogP) is 10.3. The molecule has 1 aliphatic carbocycles. The third-order valence-electron chi connectivity index (χ3n) is 13.9. The Morgan fingerprint density at radius 2 is 1.44 bits per heavy atom. The van der Waals surface area contributed by atoms with Crippen LogP contribution in [0.15, 0.2) is 172 Å². The summed E-state index contributed by atoms with van der Waals surface area (Å²) in [6.07, 6.45) is 7.90. The Hall–Kier alpha value is -6.81. The Kier molecular flexibility index (Phi) is 14.2. The molecule has 0 amide bonds. The maximum absolute atomic E-state index is 12.1. The summed E-state index contributed by atoms with van der Waals surface area (Å²) in [7, 11) is -4.68. The molecule has 0 bridgehead atoms. The Labute approximate surface area is 423 Å². The molecule has 15 heteroatoms. The number of hydrogen-bond acceptors (Lipinski definition) is 13. The van der Waals surface area contributed by atoms with E-state index in [9.17, 15) is 27.8 Å². The molecular formula is C57H54N3O10S2-. The number of para-hydroxylation sites is 2. The Balaban J connectivity index is 1.21. The highest BCUT2D eigenvalue weighted by molar-refractivity contribution is 7.94. The van der Waals surface area contributed by atoms with Gasteiger partial charge in [-0.05, 0) is 126 Å². The number of allylic oxidation sites excluding steroid dienone is 4. The van der Waals surface area contributed by atoms with E-state index in [0.29, 0.717) is 36.2 Å². The first-order valence-corrected chi connectivity index (χ1v) is 25.8. The normalized spacial score (nSPS) is 16.9. The van der Waals surface area contributed by atoms with E-state index in [0.717, 1.165) is 84.6 Å². The number of fused-ring (bicyclic) bond motifs is 6. The third-order valence-corrected chi connectivity index (χ3v) is 15.3. The summed E-state index contributed by atoms with van der Waals surface area (Å²) in [5, 5.41) is 17.7. The van der Waals surface area contributed by atoms with Gasteiger partial charge in [0.1, 0.15) is 16.7 Å². The second-order valence-electron chi connectivity index (χ2n) is 19.1. The van der Waals surface area contributed by atoms with Gasteiger partial charge in [-0.15, -0.1) is 5.73 Å². The van der Waals surface area contributed by atoms with Gasteiger partial charge in [0.25, 0.3) is 0 Å². The van der Waals surface area contributed by atoms with E-state index in [2.05, 4.69) is 106 Å². The molecule has 0 saturated carbocycles. The van der Waals surface area contributed by atoms with Crippen molar-refractivity contribution in [1.29, 1.82) is 0 Å². The molecule has 0 saturated heterocycles. The second-order valence-corrected chi connectivity index (χ2v) is 21.2. The molecule has 0 spiro atoms. The van der Waals surface area contributed by atoms with Gasteiger partial charge in [-0.25, -0.2) is 8.42 Å². The molecule has 1 atom stereocenters. The van der Waals surface area contributed by atoms with E-state index in [1.54, 1.807) is 6.07 Å². The van der Waals surface area contributed by atoms with Crippen molar-refractivity contribution in [2.45, 2.75) is 81.0 Å². The van der Waals surface area contributed by atoms with Gasteiger partial charge >= 0.3 is 11.9 Å². The maximum Gasteiger partial charge on any atom is 0.302 e. The lowest BCUT2D eigenvalue weighted by Crippen LogP contribution is -2.41. The van der Waals surface area contributed by atoms with E-state index in [4.69, 9.17) is 9.47 Å². The van der Waals surface area contributed by atoms with Crippen LogP contribution in [0, 0.1) is 0 Å².